The van der Waals surface area contributed by atoms with E-state index in [4.69, 9.17) is 14.6 Å². The van der Waals surface area contributed by atoms with Crippen LogP contribution in [-0.2, 0) is 0 Å². The van der Waals surface area contributed by atoms with Gasteiger partial charge in [0.15, 0.2) is 5.82 Å². The van der Waals surface area contributed by atoms with Gasteiger partial charge in [-0.25, -0.2) is 4.68 Å². The SMILES string of the molecule is C=CCOc1ccc(-c2nc3s/c(=C/c4cn(-c5ccccc5)nc4-c4ccc(OCC=C)cc4)c(=O)n3n2)cc1. The molecule has 0 fully saturated rings. The summed E-state index contributed by atoms with van der Waals surface area (Å²) in [5.74, 6) is 1.94. The van der Waals surface area contributed by atoms with Crippen LogP contribution in [0.3, 0.4) is 0 Å². The topological polar surface area (TPSA) is 83.5 Å². The van der Waals surface area contributed by atoms with Crippen molar-refractivity contribution >= 4 is 22.4 Å². The highest BCUT2D eigenvalue weighted by Crippen LogP contribution is 2.27. The number of thiazole rings is 1. The van der Waals surface area contributed by atoms with Gasteiger partial charge in [0.05, 0.1) is 10.2 Å². The molecule has 0 unspecified atom stereocenters. The van der Waals surface area contributed by atoms with Crippen LogP contribution >= 0.6 is 11.3 Å². The minimum atomic E-state index is -0.235. The standard InChI is InChI=1S/C32H25N5O3S/c1-3-18-39-26-14-10-22(11-15-26)29-24(21-36(34-29)25-8-6-5-7-9-25)20-28-31(38)37-32(41-28)33-30(35-37)23-12-16-27(17-13-23)40-19-4-2/h3-17,20-21H,1-2,18-19H2/b28-20+. The molecular weight excluding hydrogens is 534 g/mol. The summed E-state index contributed by atoms with van der Waals surface area (Å²) < 4.78 is 14.8. The van der Waals surface area contributed by atoms with Crippen molar-refractivity contribution in [2.75, 3.05) is 13.2 Å². The van der Waals surface area contributed by atoms with E-state index in [9.17, 15) is 4.79 Å². The van der Waals surface area contributed by atoms with E-state index in [0.717, 1.165) is 39.6 Å². The fourth-order valence-corrected chi connectivity index (χ4v) is 5.15. The van der Waals surface area contributed by atoms with Crippen LogP contribution in [0, 0.1) is 0 Å². The van der Waals surface area contributed by atoms with Crippen LogP contribution in [0.2, 0.25) is 0 Å². The second kappa shape index (κ2) is 11.4. The van der Waals surface area contributed by atoms with Crippen molar-refractivity contribution in [1.29, 1.82) is 0 Å². The summed E-state index contributed by atoms with van der Waals surface area (Å²) in [6, 6.07) is 25.0. The van der Waals surface area contributed by atoms with Crippen molar-refractivity contribution in [2.45, 2.75) is 0 Å². The number of fused-ring (bicyclic) bond motifs is 1. The molecule has 0 aliphatic heterocycles. The van der Waals surface area contributed by atoms with E-state index in [2.05, 4.69) is 23.2 Å². The van der Waals surface area contributed by atoms with E-state index in [1.807, 2.05) is 95.8 Å². The number of ether oxygens (including phenoxy) is 2. The van der Waals surface area contributed by atoms with E-state index < -0.39 is 0 Å². The lowest BCUT2D eigenvalue weighted by Gasteiger charge is -2.04. The average Bonchev–Trinajstić information content (AvgIpc) is 3.71. The van der Waals surface area contributed by atoms with Gasteiger partial charge >= 0.3 is 0 Å². The predicted molar refractivity (Wildman–Crippen MR) is 162 cm³/mol. The minimum Gasteiger partial charge on any atom is -0.490 e. The molecule has 0 saturated carbocycles. The molecule has 0 saturated heterocycles. The summed E-state index contributed by atoms with van der Waals surface area (Å²) in [5.41, 5.74) is 3.90. The van der Waals surface area contributed by atoms with Crippen LogP contribution in [0.1, 0.15) is 5.56 Å². The molecule has 202 valence electrons. The first-order chi connectivity index (χ1) is 20.1. The molecule has 0 radical (unpaired) electrons. The monoisotopic (exact) mass is 559 g/mol. The van der Waals surface area contributed by atoms with Crippen LogP contribution in [0.4, 0.5) is 0 Å². The molecule has 3 heterocycles. The third kappa shape index (κ3) is 5.43. The van der Waals surface area contributed by atoms with Crippen molar-refractivity contribution in [3.05, 3.63) is 131 Å². The molecule has 0 spiro atoms. The van der Waals surface area contributed by atoms with E-state index in [-0.39, 0.29) is 5.56 Å². The fraction of sp³-hybridized carbons (Fsp3) is 0.0625. The summed E-state index contributed by atoms with van der Waals surface area (Å²) in [6.07, 6.45) is 7.16. The molecule has 0 aliphatic rings. The molecule has 0 bridgehead atoms. The van der Waals surface area contributed by atoms with Crippen LogP contribution in [-0.4, -0.2) is 37.6 Å². The maximum Gasteiger partial charge on any atom is 0.291 e. The molecule has 0 aliphatic carbocycles. The third-order valence-electron chi connectivity index (χ3n) is 6.21. The zero-order valence-electron chi connectivity index (χ0n) is 22.0. The predicted octanol–water partition coefficient (Wildman–Crippen LogP) is 5.35. The average molecular weight is 560 g/mol. The minimum absolute atomic E-state index is 0.235. The van der Waals surface area contributed by atoms with Gasteiger partial charge in [-0.15, -0.1) is 5.10 Å². The Morgan fingerprint density at radius 2 is 1.44 bits per heavy atom. The first-order valence-corrected chi connectivity index (χ1v) is 13.7. The van der Waals surface area contributed by atoms with Crippen LogP contribution in [0.15, 0.2) is 115 Å². The van der Waals surface area contributed by atoms with Crippen molar-refractivity contribution in [2.24, 2.45) is 0 Å². The van der Waals surface area contributed by atoms with Gasteiger partial charge < -0.3 is 9.47 Å². The summed E-state index contributed by atoms with van der Waals surface area (Å²) >= 11 is 1.29. The number of benzene rings is 3. The van der Waals surface area contributed by atoms with Crippen LogP contribution in [0.25, 0.3) is 39.4 Å². The number of aromatic nitrogens is 5. The Kier molecular flexibility index (Phi) is 7.25. The zero-order valence-corrected chi connectivity index (χ0v) is 22.8. The lowest BCUT2D eigenvalue weighted by Crippen LogP contribution is -2.23. The van der Waals surface area contributed by atoms with Crippen molar-refractivity contribution in [3.63, 3.8) is 0 Å². The second-order valence-electron chi connectivity index (χ2n) is 9.01. The van der Waals surface area contributed by atoms with E-state index in [1.165, 1.54) is 15.9 Å². The zero-order chi connectivity index (χ0) is 28.2. The number of hydrogen-bond donors (Lipinski definition) is 0. The highest BCUT2D eigenvalue weighted by molar-refractivity contribution is 7.15. The summed E-state index contributed by atoms with van der Waals surface area (Å²) in [7, 11) is 0. The van der Waals surface area contributed by atoms with Crippen LogP contribution < -0.4 is 19.6 Å². The van der Waals surface area contributed by atoms with E-state index in [0.29, 0.717) is 28.5 Å². The molecule has 3 aromatic heterocycles. The summed E-state index contributed by atoms with van der Waals surface area (Å²) in [6.45, 7) is 8.21. The van der Waals surface area contributed by atoms with Gasteiger partial charge in [-0.2, -0.15) is 14.6 Å². The Balaban J connectivity index is 1.38. The first kappa shape index (κ1) is 26.0. The quantitative estimate of drug-likeness (QED) is 0.211. The Labute approximate surface area is 239 Å². The van der Waals surface area contributed by atoms with Crippen LogP contribution in [0.5, 0.6) is 11.5 Å². The van der Waals surface area contributed by atoms with Gasteiger partial charge in [0.25, 0.3) is 5.56 Å². The Morgan fingerprint density at radius 1 is 0.805 bits per heavy atom. The maximum atomic E-state index is 13.4. The molecule has 3 aromatic carbocycles. The number of hydrogen-bond acceptors (Lipinski definition) is 7. The molecule has 8 nitrogen and oxygen atoms in total. The smallest absolute Gasteiger partial charge is 0.291 e. The lowest BCUT2D eigenvalue weighted by atomic mass is 10.1. The largest absolute Gasteiger partial charge is 0.490 e. The molecular formula is C32H25N5O3S. The molecule has 9 heteroatoms. The van der Waals surface area contributed by atoms with E-state index >= 15 is 0 Å². The van der Waals surface area contributed by atoms with Gasteiger partial charge in [0.1, 0.15) is 30.4 Å². The van der Waals surface area contributed by atoms with Gasteiger partial charge in [-0.1, -0.05) is 54.8 Å². The van der Waals surface area contributed by atoms with Crippen molar-refractivity contribution < 1.29 is 9.47 Å². The number of nitrogens with zero attached hydrogens (tertiary/aromatic N) is 5. The highest BCUT2D eigenvalue weighted by atomic mass is 32.1. The third-order valence-corrected chi connectivity index (χ3v) is 7.17. The molecule has 0 amide bonds. The van der Waals surface area contributed by atoms with Gasteiger partial charge in [0, 0.05) is 22.9 Å². The molecule has 0 atom stereocenters. The maximum absolute atomic E-state index is 13.4. The fourth-order valence-electron chi connectivity index (χ4n) is 4.25. The highest BCUT2D eigenvalue weighted by Gasteiger charge is 2.15. The summed E-state index contributed by atoms with van der Waals surface area (Å²) in [5, 5.41) is 9.36. The molecule has 6 aromatic rings. The Morgan fingerprint density at radius 3 is 2.05 bits per heavy atom. The number of rotatable bonds is 10. The van der Waals surface area contributed by atoms with Gasteiger partial charge in [-0.05, 0) is 66.7 Å². The van der Waals surface area contributed by atoms with E-state index in [1.54, 1.807) is 12.2 Å². The van der Waals surface area contributed by atoms with Gasteiger partial charge in [-0.3, -0.25) is 4.79 Å². The van der Waals surface area contributed by atoms with Crippen molar-refractivity contribution in [1.82, 2.24) is 24.4 Å². The molecule has 41 heavy (non-hydrogen) atoms. The van der Waals surface area contributed by atoms with Crippen molar-refractivity contribution in [3.8, 4) is 39.8 Å². The molecule has 6 rings (SSSR count). The molecule has 0 N–H and O–H groups in total. The normalized spacial score (nSPS) is 11.6. The number of para-hydroxylation sites is 1. The second-order valence-corrected chi connectivity index (χ2v) is 10.0. The Hall–Kier alpha value is -5.28. The first-order valence-electron chi connectivity index (χ1n) is 12.9. The Bertz CT molecular complexity index is 1940. The van der Waals surface area contributed by atoms with Gasteiger partial charge in [0.2, 0.25) is 4.96 Å². The summed E-state index contributed by atoms with van der Waals surface area (Å²) in [4.78, 5) is 18.5. The lowest BCUT2D eigenvalue weighted by molar-refractivity contribution is 0.363.